The molecule has 0 saturated carbocycles. The van der Waals surface area contributed by atoms with E-state index in [9.17, 15) is 18.0 Å². The van der Waals surface area contributed by atoms with E-state index >= 15 is 0 Å². The standard InChI is InChI=1S/C17H23NO4S/c1-2-3-4-5-6-9-12-23(21,22)13-18-16(19)14-10-7-8-11-15(14)17(18)20/h7-8,10-11H,2-6,9,12-13H2,1H3. The van der Waals surface area contributed by atoms with Crippen molar-refractivity contribution in [3.63, 3.8) is 0 Å². The van der Waals surface area contributed by atoms with Crippen molar-refractivity contribution in [1.82, 2.24) is 4.90 Å². The van der Waals surface area contributed by atoms with Gasteiger partial charge in [0.2, 0.25) is 0 Å². The molecule has 0 radical (unpaired) electrons. The van der Waals surface area contributed by atoms with Crippen LogP contribution in [-0.4, -0.2) is 36.8 Å². The molecule has 1 aromatic carbocycles. The SMILES string of the molecule is CCCCCCCCS(=O)(=O)CN1C(=O)c2ccccc2C1=O. The topological polar surface area (TPSA) is 71.5 Å². The number of fused-ring (bicyclic) bond motifs is 1. The van der Waals surface area contributed by atoms with Gasteiger partial charge in [0.15, 0.2) is 9.84 Å². The van der Waals surface area contributed by atoms with Crippen LogP contribution in [0.15, 0.2) is 24.3 Å². The van der Waals surface area contributed by atoms with E-state index in [1.54, 1.807) is 24.3 Å². The maximum absolute atomic E-state index is 12.2. The molecule has 6 heteroatoms. The van der Waals surface area contributed by atoms with Gasteiger partial charge in [0, 0.05) is 0 Å². The number of rotatable bonds is 9. The first kappa shape index (κ1) is 17.7. The third kappa shape index (κ3) is 4.41. The third-order valence-corrected chi connectivity index (χ3v) is 5.58. The van der Waals surface area contributed by atoms with Gasteiger partial charge in [-0.1, -0.05) is 51.2 Å². The van der Waals surface area contributed by atoms with Crippen molar-refractivity contribution in [3.8, 4) is 0 Å². The second-order valence-electron chi connectivity index (χ2n) is 5.93. The van der Waals surface area contributed by atoms with Crippen LogP contribution in [0, 0.1) is 0 Å². The average Bonchev–Trinajstić information content (AvgIpc) is 2.76. The molecule has 5 nitrogen and oxygen atoms in total. The zero-order chi connectivity index (χ0) is 16.9. The Bertz CT molecular complexity index is 647. The van der Waals surface area contributed by atoms with Crippen LogP contribution >= 0.6 is 0 Å². The smallest absolute Gasteiger partial charge is 0.262 e. The van der Waals surface area contributed by atoms with E-state index in [0.29, 0.717) is 6.42 Å². The molecule has 1 aliphatic heterocycles. The Hall–Kier alpha value is -1.69. The van der Waals surface area contributed by atoms with Crippen molar-refractivity contribution in [2.75, 3.05) is 11.6 Å². The Morgan fingerprint density at radius 3 is 1.96 bits per heavy atom. The number of imide groups is 1. The van der Waals surface area contributed by atoms with Gasteiger partial charge in [-0.2, -0.15) is 0 Å². The van der Waals surface area contributed by atoms with Gasteiger partial charge in [0.25, 0.3) is 11.8 Å². The Morgan fingerprint density at radius 1 is 0.870 bits per heavy atom. The van der Waals surface area contributed by atoms with E-state index in [2.05, 4.69) is 6.92 Å². The second kappa shape index (κ2) is 7.73. The molecule has 0 bridgehead atoms. The molecule has 0 saturated heterocycles. The van der Waals surface area contributed by atoms with E-state index in [1.807, 2.05) is 0 Å². The maximum Gasteiger partial charge on any atom is 0.262 e. The van der Waals surface area contributed by atoms with E-state index in [4.69, 9.17) is 0 Å². The normalized spacial score (nSPS) is 14.4. The fourth-order valence-electron chi connectivity index (χ4n) is 2.72. The third-order valence-electron chi connectivity index (χ3n) is 4.01. The van der Waals surface area contributed by atoms with Crippen molar-refractivity contribution >= 4 is 21.7 Å². The molecule has 1 aliphatic rings. The molecule has 0 spiro atoms. The van der Waals surface area contributed by atoms with Crippen molar-refractivity contribution in [2.24, 2.45) is 0 Å². The highest BCUT2D eigenvalue weighted by Gasteiger charge is 2.37. The molecule has 1 aromatic rings. The van der Waals surface area contributed by atoms with Crippen molar-refractivity contribution in [3.05, 3.63) is 35.4 Å². The summed E-state index contributed by atoms with van der Waals surface area (Å²) < 4.78 is 24.3. The molecular formula is C17H23NO4S. The Balaban J connectivity index is 1.89. The molecule has 2 rings (SSSR count). The Kier molecular flexibility index (Phi) is 5.93. The van der Waals surface area contributed by atoms with Crippen LogP contribution in [0.4, 0.5) is 0 Å². The number of nitrogens with zero attached hydrogens (tertiary/aromatic N) is 1. The summed E-state index contributed by atoms with van der Waals surface area (Å²) in [7, 11) is -3.46. The monoisotopic (exact) mass is 337 g/mol. The van der Waals surface area contributed by atoms with Crippen molar-refractivity contribution < 1.29 is 18.0 Å². The quantitative estimate of drug-likeness (QED) is 0.513. The molecule has 0 atom stereocenters. The average molecular weight is 337 g/mol. The predicted octanol–water partition coefficient (Wildman–Crippen LogP) is 3.02. The maximum atomic E-state index is 12.2. The molecule has 23 heavy (non-hydrogen) atoms. The van der Waals surface area contributed by atoms with Gasteiger partial charge in [-0.15, -0.1) is 0 Å². The van der Waals surface area contributed by atoms with Gasteiger partial charge in [-0.3, -0.25) is 14.5 Å². The van der Waals surface area contributed by atoms with Crippen LogP contribution in [0.3, 0.4) is 0 Å². The molecule has 0 aliphatic carbocycles. The van der Waals surface area contributed by atoms with Gasteiger partial charge < -0.3 is 0 Å². The summed E-state index contributed by atoms with van der Waals surface area (Å²) in [5, 5.41) is 0. The van der Waals surface area contributed by atoms with Gasteiger partial charge in [0.1, 0.15) is 5.88 Å². The van der Waals surface area contributed by atoms with Crippen molar-refractivity contribution in [2.45, 2.75) is 45.4 Å². The number of hydrogen-bond donors (Lipinski definition) is 0. The molecule has 0 aromatic heterocycles. The molecule has 0 unspecified atom stereocenters. The Morgan fingerprint density at radius 2 is 1.39 bits per heavy atom. The summed E-state index contributed by atoms with van der Waals surface area (Å²) in [5.74, 6) is -1.53. The summed E-state index contributed by atoms with van der Waals surface area (Å²) in [6.45, 7) is 2.13. The summed E-state index contributed by atoms with van der Waals surface area (Å²) in [4.78, 5) is 25.2. The van der Waals surface area contributed by atoms with Gasteiger partial charge in [-0.05, 0) is 18.6 Å². The molecule has 126 valence electrons. The number of benzene rings is 1. The number of sulfone groups is 1. The molecule has 0 fully saturated rings. The van der Waals surface area contributed by atoms with Crippen LogP contribution in [0.5, 0.6) is 0 Å². The molecule has 0 N–H and O–H groups in total. The number of unbranched alkanes of at least 4 members (excludes halogenated alkanes) is 5. The van der Waals surface area contributed by atoms with Crippen LogP contribution in [0.25, 0.3) is 0 Å². The number of hydrogen-bond acceptors (Lipinski definition) is 4. The minimum atomic E-state index is -3.46. The van der Waals surface area contributed by atoms with E-state index in [-0.39, 0.29) is 16.9 Å². The highest BCUT2D eigenvalue weighted by Crippen LogP contribution is 2.23. The first-order valence-electron chi connectivity index (χ1n) is 8.12. The zero-order valence-corrected chi connectivity index (χ0v) is 14.3. The minimum Gasteiger partial charge on any atom is -0.269 e. The van der Waals surface area contributed by atoms with Crippen LogP contribution in [-0.2, 0) is 9.84 Å². The summed E-state index contributed by atoms with van der Waals surface area (Å²) in [5.41, 5.74) is 0.569. The van der Waals surface area contributed by atoms with Gasteiger partial charge in [0.05, 0.1) is 16.9 Å². The molecular weight excluding hydrogens is 314 g/mol. The first-order chi connectivity index (χ1) is 11.0. The fraction of sp³-hybridized carbons (Fsp3) is 0.529. The van der Waals surface area contributed by atoms with Crippen LogP contribution in [0.2, 0.25) is 0 Å². The predicted molar refractivity (Wildman–Crippen MR) is 89.0 cm³/mol. The van der Waals surface area contributed by atoms with Crippen LogP contribution < -0.4 is 0 Å². The van der Waals surface area contributed by atoms with E-state index < -0.39 is 27.5 Å². The largest absolute Gasteiger partial charge is 0.269 e. The van der Waals surface area contributed by atoms with E-state index in [1.165, 1.54) is 6.42 Å². The fourth-order valence-corrected chi connectivity index (χ4v) is 4.12. The zero-order valence-electron chi connectivity index (χ0n) is 13.5. The second-order valence-corrected chi connectivity index (χ2v) is 8.08. The van der Waals surface area contributed by atoms with E-state index in [0.717, 1.165) is 30.6 Å². The lowest BCUT2D eigenvalue weighted by molar-refractivity contribution is 0.0680. The highest BCUT2D eigenvalue weighted by atomic mass is 32.2. The number of carbonyl (C=O) groups is 2. The lowest BCUT2D eigenvalue weighted by Gasteiger charge is -2.14. The number of amides is 2. The molecule has 2 amide bonds. The lowest BCUT2D eigenvalue weighted by Crippen LogP contribution is -2.35. The summed E-state index contributed by atoms with van der Waals surface area (Å²) in [6, 6.07) is 6.43. The Labute approximate surface area is 137 Å². The lowest BCUT2D eigenvalue weighted by atomic mass is 10.1. The minimum absolute atomic E-state index is 0.0204. The first-order valence-corrected chi connectivity index (χ1v) is 9.94. The van der Waals surface area contributed by atoms with Crippen molar-refractivity contribution in [1.29, 1.82) is 0 Å². The summed E-state index contributed by atoms with van der Waals surface area (Å²) in [6.07, 6.45) is 5.90. The highest BCUT2D eigenvalue weighted by molar-refractivity contribution is 7.91. The van der Waals surface area contributed by atoms with Crippen LogP contribution in [0.1, 0.15) is 66.2 Å². The van der Waals surface area contributed by atoms with Gasteiger partial charge in [-0.25, -0.2) is 8.42 Å². The molecule has 1 heterocycles. The summed E-state index contributed by atoms with van der Waals surface area (Å²) >= 11 is 0. The number of carbonyl (C=O) groups excluding carboxylic acids is 2. The van der Waals surface area contributed by atoms with Gasteiger partial charge >= 0.3 is 0 Å².